The highest BCUT2D eigenvalue weighted by Gasteiger charge is 2.28. The maximum atomic E-state index is 11.1. The standard InChI is InChI=1S/C13H18N2O5/c1-4-20-10-7-5-6-9(11(10)15(18)19)14-8-13(2,3)12(16)17/h5-7,14H,4,8H2,1-3H3,(H,16,17). The predicted molar refractivity (Wildman–Crippen MR) is 74.2 cm³/mol. The summed E-state index contributed by atoms with van der Waals surface area (Å²) in [5, 5.41) is 23.0. The summed E-state index contributed by atoms with van der Waals surface area (Å²) >= 11 is 0. The van der Waals surface area contributed by atoms with Crippen LogP contribution in [0, 0.1) is 15.5 Å². The van der Waals surface area contributed by atoms with Crippen LogP contribution in [-0.2, 0) is 4.79 Å². The molecule has 0 bridgehead atoms. The molecule has 0 heterocycles. The number of rotatable bonds is 7. The van der Waals surface area contributed by atoms with Crippen molar-refractivity contribution in [3.8, 4) is 5.75 Å². The Morgan fingerprint density at radius 2 is 2.15 bits per heavy atom. The van der Waals surface area contributed by atoms with Gasteiger partial charge in [-0.3, -0.25) is 14.9 Å². The van der Waals surface area contributed by atoms with Crippen LogP contribution in [0.3, 0.4) is 0 Å². The number of para-hydroxylation sites is 1. The summed E-state index contributed by atoms with van der Waals surface area (Å²) in [5.41, 5.74) is -0.971. The minimum absolute atomic E-state index is 0.0682. The number of nitrogens with one attached hydrogen (secondary N) is 1. The normalized spacial score (nSPS) is 10.9. The SMILES string of the molecule is CCOc1cccc(NCC(C)(C)C(=O)O)c1[N+](=O)[O-]. The second kappa shape index (κ2) is 6.23. The van der Waals surface area contributed by atoms with Gasteiger partial charge in [-0.05, 0) is 32.9 Å². The van der Waals surface area contributed by atoms with Gasteiger partial charge in [0.2, 0.25) is 0 Å². The van der Waals surface area contributed by atoms with Crippen molar-refractivity contribution in [2.75, 3.05) is 18.5 Å². The number of carboxylic acid groups (broad SMARTS) is 1. The number of hydrogen-bond donors (Lipinski definition) is 2. The third kappa shape index (κ3) is 3.59. The van der Waals surface area contributed by atoms with Crippen LogP contribution < -0.4 is 10.1 Å². The van der Waals surface area contributed by atoms with Crippen molar-refractivity contribution in [2.45, 2.75) is 20.8 Å². The smallest absolute Gasteiger partial charge is 0.333 e. The topological polar surface area (TPSA) is 102 Å². The third-order valence-electron chi connectivity index (χ3n) is 2.78. The number of carbonyl (C=O) groups is 1. The molecule has 0 spiro atoms. The highest BCUT2D eigenvalue weighted by Crippen LogP contribution is 2.35. The average Bonchev–Trinajstić information content (AvgIpc) is 2.36. The van der Waals surface area contributed by atoms with E-state index in [1.165, 1.54) is 12.1 Å². The Morgan fingerprint density at radius 3 is 2.65 bits per heavy atom. The minimum Gasteiger partial charge on any atom is -0.487 e. The van der Waals surface area contributed by atoms with E-state index in [1.807, 2.05) is 0 Å². The molecule has 0 aliphatic carbocycles. The molecule has 7 nitrogen and oxygen atoms in total. The summed E-state index contributed by atoms with van der Waals surface area (Å²) in [7, 11) is 0. The fraction of sp³-hybridized carbons (Fsp3) is 0.462. The highest BCUT2D eigenvalue weighted by atomic mass is 16.6. The Bertz CT molecular complexity index is 513. The van der Waals surface area contributed by atoms with Crippen molar-refractivity contribution in [3.05, 3.63) is 28.3 Å². The quantitative estimate of drug-likeness (QED) is 0.588. The molecule has 0 radical (unpaired) electrons. The zero-order chi connectivity index (χ0) is 15.3. The molecule has 0 atom stereocenters. The van der Waals surface area contributed by atoms with E-state index >= 15 is 0 Å². The summed E-state index contributed by atoms with van der Waals surface area (Å²) in [6, 6.07) is 4.65. The van der Waals surface area contributed by atoms with Crippen molar-refractivity contribution < 1.29 is 19.6 Å². The lowest BCUT2D eigenvalue weighted by atomic mass is 9.94. The highest BCUT2D eigenvalue weighted by molar-refractivity contribution is 5.75. The van der Waals surface area contributed by atoms with E-state index in [-0.39, 0.29) is 23.7 Å². The van der Waals surface area contributed by atoms with Crippen LogP contribution in [0.15, 0.2) is 18.2 Å². The first-order valence-corrected chi connectivity index (χ1v) is 6.17. The number of benzene rings is 1. The maximum Gasteiger partial charge on any atom is 0.333 e. The number of hydrogen-bond acceptors (Lipinski definition) is 5. The van der Waals surface area contributed by atoms with Crippen molar-refractivity contribution >= 4 is 17.3 Å². The summed E-state index contributed by atoms with van der Waals surface area (Å²) in [5.74, 6) is -0.816. The first-order valence-electron chi connectivity index (χ1n) is 6.17. The summed E-state index contributed by atoms with van der Waals surface area (Å²) < 4.78 is 5.22. The van der Waals surface area contributed by atoms with E-state index in [4.69, 9.17) is 9.84 Å². The van der Waals surface area contributed by atoms with Gasteiger partial charge >= 0.3 is 11.7 Å². The minimum atomic E-state index is -1.03. The molecule has 0 amide bonds. The van der Waals surface area contributed by atoms with Crippen molar-refractivity contribution in [1.82, 2.24) is 0 Å². The van der Waals surface area contributed by atoms with E-state index < -0.39 is 16.3 Å². The predicted octanol–water partition coefficient (Wildman–Crippen LogP) is 2.52. The lowest BCUT2D eigenvalue weighted by Gasteiger charge is -2.20. The zero-order valence-electron chi connectivity index (χ0n) is 11.7. The zero-order valence-corrected chi connectivity index (χ0v) is 11.7. The fourth-order valence-electron chi connectivity index (χ4n) is 1.52. The van der Waals surface area contributed by atoms with Gasteiger partial charge in [-0.1, -0.05) is 6.07 Å². The molecule has 2 N–H and O–H groups in total. The van der Waals surface area contributed by atoms with Crippen LogP contribution >= 0.6 is 0 Å². The van der Waals surface area contributed by atoms with E-state index in [1.54, 1.807) is 26.8 Å². The molecule has 0 unspecified atom stereocenters. The van der Waals surface area contributed by atoms with Gasteiger partial charge in [0.05, 0.1) is 16.9 Å². The first kappa shape index (κ1) is 15.7. The monoisotopic (exact) mass is 282 g/mol. The Labute approximate surface area is 116 Å². The average molecular weight is 282 g/mol. The van der Waals surface area contributed by atoms with Gasteiger partial charge in [0.25, 0.3) is 0 Å². The third-order valence-corrected chi connectivity index (χ3v) is 2.78. The van der Waals surface area contributed by atoms with E-state index in [0.717, 1.165) is 0 Å². The lowest BCUT2D eigenvalue weighted by Crippen LogP contribution is -2.31. The van der Waals surface area contributed by atoms with E-state index in [2.05, 4.69) is 5.32 Å². The van der Waals surface area contributed by atoms with Crippen LogP contribution in [0.2, 0.25) is 0 Å². The molecule has 0 saturated carbocycles. The number of carboxylic acids is 1. The van der Waals surface area contributed by atoms with Crippen LogP contribution in [0.5, 0.6) is 5.75 Å². The Morgan fingerprint density at radius 1 is 1.50 bits per heavy atom. The number of anilines is 1. The van der Waals surface area contributed by atoms with Gasteiger partial charge in [-0.2, -0.15) is 0 Å². The van der Waals surface area contributed by atoms with Gasteiger partial charge in [-0.15, -0.1) is 0 Å². The van der Waals surface area contributed by atoms with Crippen molar-refractivity contribution in [2.24, 2.45) is 5.41 Å². The molecule has 0 aromatic heterocycles. The van der Waals surface area contributed by atoms with Gasteiger partial charge in [0.1, 0.15) is 5.69 Å². The fourth-order valence-corrected chi connectivity index (χ4v) is 1.52. The molecule has 0 aliphatic heterocycles. The second-order valence-electron chi connectivity index (χ2n) is 4.89. The summed E-state index contributed by atoms with van der Waals surface area (Å²) in [6.45, 7) is 5.20. The van der Waals surface area contributed by atoms with E-state index in [9.17, 15) is 14.9 Å². The van der Waals surface area contributed by atoms with Crippen LogP contribution in [0.1, 0.15) is 20.8 Å². The Hall–Kier alpha value is -2.31. The molecule has 1 aromatic rings. The van der Waals surface area contributed by atoms with Crippen LogP contribution in [0.4, 0.5) is 11.4 Å². The molecule has 0 saturated heterocycles. The first-order chi connectivity index (χ1) is 9.29. The Kier molecular flexibility index (Phi) is 4.90. The summed E-state index contributed by atoms with van der Waals surface area (Å²) in [6.07, 6.45) is 0. The molecule has 0 aliphatic rings. The number of nitro benzene ring substituents is 1. The van der Waals surface area contributed by atoms with Gasteiger partial charge in [0, 0.05) is 6.54 Å². The van der Waals surface area contributed by atoms with Gasteiger partial charge < -0.3 is 15.2 Å². The molecule has 1 aromatic carbocycles. The maximum absolute atomic E-state index is 11.1. The molecule has 7 heteroatoms. The molecule has 1 rings (SSSR count). The van der Waals surface area contributed by atoms with Gasteiger partial charge in [-0.25, -0.2) is 0 Å². The number of nitrogens with zero attached hydrogens (tertiary/aromatic N) is 1. The number of nitro groups is 1. The van der Waals surface area contributed by atoms with Crippen LogP contribution in [-0.4, -0.2) is 29.2 Å². The van der Waals surface area contributed by atoms with Crippen LogP contribution in [0.25, 0.3) is 0 Å². The number of aliphatic carboxylic acids is 1. The van der Waals surface area contributed by atoms with Gasteiger partial charge in [0.15, 0.2) is 5.75 Å². The molecule has 110 valence electrons. The second-order valence-corrected chi connectivity index (χ2v) is 4.89. The largest absolute Gasteiger partial charge is 0.487 e. The number of ether oxygens (including phenoxy) is 1. The van der Waals surface area contributed by atoms with Crippen molar-refractivity contribution in [3.63, 3.8) is 0 Å². The Balaban J connectivity index is 3.03. The molecule has 20 heavy (non-hydrogen) atoms. The molecular weight excluding hydrogens is 264 g/mol. The lowest BCUT2D eigenvalue weighted by molar-refractivity contribution is -0.384. The molecule has 0 fully saturated rings. The van der Waals surface area contributed by atoms with E-state index in [0.29, 0.717) is 6.61 Å². The van der Waals surface area contributed by atoms with Crippen molar-refractivity contribution in [1.29, 1.82) is 0 Å². The molecular formula is C13H18N2O5. The summed E-state index contributed by atoms with van der Waals surface area (Å²) in [4.78, 5) is 21.6.